The van der Waals surface area contributed by atoms with Crippen LogP contribution in [0.15, 0.2) is 24.3 Å². The lowest BCUT2D eigenvalue weighted by Gasteiger charge is -2.08. The molecule has 106 valence electrons. The Morgan fingerprint density at radius 3 is 2.95 bits per heavy atom. The van der Waals surface area contributed by atoms with E-state index >= 15 is 0 Å². The van der Waals surface area contributed by atoms with E-state index in [-0.39, 0.29) is 11.6 Å². The second-order valence-corrected chi connectivity index (χ2v) is 5.29. The fourth-order valence-corrected chi connectivity index (χ4v) is 2.82. The molecule has 5 nitrogen and oxygen atoms in total. The highest BCUT2D eigenvalue weighted by molar-refractivity contribution is 5.87. The number of nitrogens with zero attached hydrogens (tertiary/aromatic N) is 2. The van der Waals surface area contributed by atoms with Crippen molar-refractivity contribution in [2.75, 3.05) is 11.1 Å². The van der Waals surface area contributed by atoms with E-state index in [1.54, 1.807) is 0 Å². The van der Waals surface area contributed by atoms with E-state index in [1.807, 2.05) is 6.07 Å². The van der Waals surface area contributed by atoms with Gasteiger partial charge in [0.05, 0.1) is 5.39 Å². The average Bonchev–Trinajstić information content (AvgIpc) is 3.07. The van der Waals surface area contributed by atoms with Gasteiger partial charge in [-0.2, -0.15) is 5.10 Å². The summed E-state index contributed by atoms with van der Waals surface area (Å²) in [5.74, 6) is -0.0272. The van der Waals surface area contributed by atoms with Crippen LogP contribution in [0.4, 0.5) is 21.7 Å². The van der Waals surface area contributed by atoms with E-state index in [9.17, 15) is 4.39 Å². The van der Waals surface area contributed by atoms with Crippen molar-refractivity contribution in [3.05, 3.63) is 41.2 Å². The van der Waals surface area contributed by atoms with Crippen LogP contribution in [0.5, 0.6) is 0 Å². The van der Waals surface area contributed by atoms with Gasteiger partial charge in [-0.15, -0.1) is 0 Å². The molecule has 4 N–H and O–H groups in total. The largest absolute Gasteiger partial charge is 0.382 e. The molecule has 6 heteroatoms. The van der Waals surface area contributed by atoms with Gasteiger partial charge in [0.15, 0.2) is 23.1 Å². The lowest BCUT2D eigenvalue weighted by atomic mass is 10.1. The molecule has 0 amide bonds. The summed E-state index contributed by atoms with van der Waals surface area (Å²) < 4.78 is 14.1. The van der Waals surface area contributed by atoms with E-state index in [0.29, 0.717) is 11.0 Å². The first-order valence-electron chi connectivity index (χ1n) is 6.89. The molecule has 0 saturated heterocycles. The van der Waals surface area contributed by atoms with E-state index in [2.05, 4.69) is 32.6 Å². The Hall–Kier alpha value is -2.63. The molecule has 0 bridgehead atoms. The number of pyridine rings is 1. The van der Waals surface area contributed by atoms with Crippen LogP contribution in [0.2, 0.25) is 0 Å². The first kappa shape index (κ1) is 12.1. The minimum atomic E-state index is -0.448. The van der Waals surface area contributed by atoms with Gasteiger partial charge in [0.2, 0.25) is 0 Å². The predicted octanol–water partition coefficient (Wildman–Crippen LogP) is 2.91. The quantitative estimate of drug-likeness (QED) is 0.675. The SMILES string of the molecule is Nc1n[nH]c2nc(Nc3ccc4c(c3)CCC4)c(F)cc12. The Kier molecular flexibility index (Phi) is 2.57. The van der Waals surface area contributed by atoms with Crippen molar-refractivity contribution in [2.45, 2.75) is 19.3 Å². The van der Waals surface area contributed by atoms with Gasteiger partial charge in [-0.05, 0) is 48.6 Å². The molecule has 2 aromatic heterocycles. The van der Waals surface area contributed by atoms with Crippen LogP contribution in [0.3, 0.4) is 0 Å². The van der Waals surface area contributed by atoms with Gasteiger partial charge in [-0.1, -0.05) is 6.07 Å². The zero-order valence-corrected chi connectivity index (χ0v) is 11.3. The molecule has 4 rings (SSSR count). The molecule has 0 atom stereocenters. The Morgan fingerprint density at radius 2 is 2.05 bits per heavy atom. The molecule has 1 aliphatic rings. The first-order valence-corrected chi connectivity index (χ1v) is 6.89. The number of halogens is 1. The summed E-state index contributed by atoms with van der Waals surface area (Å²) >= 11 is 0. The number of aromatic nitrogens is 3. The standard InChI is InChI=1S/C15H14FN5/c16-12-7-11-13(17)20-21-14(11)19-15(12)18-10-5-4-8-2-1-3-9(8)6-10/h4-7H,1-3H2,(H4,17,18,19,20,21). The molecule has 1 aliphatic carbocycles. The molecule has 0 radical (unpaired) electrons. The number of aryl methyl sites for hydroxylation is 2. The van der Waals surface area contributed by atoms with Gasteiger partial charge in [0.1, 0.15) is 0 Å². The van der Waals surface area contributed by atoms with Crippen molar-refractivity contribution in [3.63, 3.8) is 0 Å². The van der Waals surface area contributed by atoms with Gasteiger partial charge >= 0.3 is 0 Å². The molecule has 3 aromatic rings. The molecule has 0 spiro atoms. The number of aromatic amines is 1. The minimum Gasteiger partial charge on any atom is -0.382 e. The molecule has 1 aromatic carbocycles. The maximum atomic E-state index is 14.1. The number of fused-ring (bicyclic) bond motifs is 2. The van der Waals surface area contributed by atoms with Crippen molar-refractivity contribution in [1.82, 2.24) is 15.2 Å². The van der Waals surface area contributed by atoms with Crippen molar-refractivity contribution in [1.29, 1.82) is 0 Å². The van der Waals surface area contributed by atoms with E-state index in [4.69, 9.17) is 5.73 Å². The first-order chi connectivity index (χ1) is 10.2. The zero-order chi connectivity index (χ0) is 14.4. The molecule has 21 heavy (non-hydrogen) atoms. The summed E-state index contributed by atoms with van der Waals surface area (Å²) in [6, 6.07) is 7.46. The predicted molar refractivity (Wildman–Crippen MR) is 80.0 cm³/mol. The summed E-state index contributed by atoms with van der Waals surface area (Å²) in [5.41, 5.74) is 9.66. The highest BCUT2D eigenvalue weighted by Gasteiger charge is 2.14. The lowest BCUT2D eigenvalue weighted by molar-refractivity contribution is 0.629. The number of nitrogens with two attached hydrogens (primary N) is 1. The van der Waals surface area contributed by atoms with E-state index < -0.39 is 5.82 Å². The van der Waals surface area contributed by atoms with Crippen LogP contribution in [0.25, 0.3) is 11.0 Å². The molecule has 0 fully saturated rings. The Balaban J connectivity index is 1.72. The third kappa shape index (κ3) is 1.99. The summed E-state index contributed by atoms with van der Waals surface area (Å²) in [7, 11) is 0. The molecular formula is C15H14FN5. The van der Waals surface area contributed by atoms with Gasteiger partial charge < -0.3 is 11.1 Å². The number of rotatable bonds is 2. The Morgan fingerprint density at radius 1 is 1.19 bits per heavy atom. The highest BCUT2D eigenvalue weighted by Crippen LogP contribution is 2.28. The second-order valence-electron chi connectivity index (χ2n) is 5.29. The van der Waals surface area contributed by atoms with E-state index in [1.165, 1.54) is 23.6 Å². The third-order valence-corrected chi connectivity index (χ3v) is 3.90. The number of H-pyrrole nitrogens is 1. The minimum absolute atomic E-state index is 0.170. The van der Waals surface area contributed by atoms with Crippen LogP contribution in [-0.2, 0) is 12.8 Å². The number of nitrogens with one attached hydrogen (secondary N) is 2. The monoisotopic (exact) mass is 283 g/mol. The van der Waals surface area contributed by atoms with Crippen LogP contribution in [0, 0.1) is 5.82 Å². The van der Waals surface area contributed by atoms with Crippen LogP contribution in [0.1, 0.15) is 17.5 Å². The van der Waals surface area contributed by atoms with Gasteiger partial charge in [0.25, 0.3) is 0 Å². The van der Waals surface area contributed by atoms with Crippen LogP contribution < -0.4 is 11.1 Å². The maximum absolute atomic E-state index is 14.1. The fraction of sp³-hybridized carbons (Fsp3) is 0.200. The van der Waals surface area contributed by atoms with Crippen molar-refractivity contribution in [3.8, 4) is 0 Å². The van der Waals surface area contributed by atoms with Gasteiger partial charge in [0, 0.05) is 5.69 Å². The highest BCUT2D eigenvalue weighted by atomic mass is 19.1. The smallest absolute Gasteiger partial charge is 0.169 e. The molecule has 0 unspecified atom stereocenters. The zero-order valence-electron chi connectivity index (χ0n) is 11.3. The van der Waals surface area contributed by atoms with Crippen LogP contribution in [-0.4, -0.2) is 15.2 Å². The number of anilines is 3. The van der Waals surface area contributed by atoms with E-state index in [0.717, 1.165) is 18.5 Å². The van der Waals surface area contributed by atoms with Crippen molar-refractivity contribution >= 4 is 28.4 Å². The van der Waals surface area contributed by atoms with Gasteiger partial charge in [-0.3, -0.25) is 5.10 Å². The molecular weight excluding hydrogens is 269 g/mol. The maximum Gasteiger partial charge on any atom is 0.169 e. The normalized spacial score (nSPS) is 13.6. The third-order valence-electron chi connectivity index (χ3n) is 3.90. The topological polar surface area (TPSA) is 79.6 Å². The average molecular weight is 283 g/mol. The Bertz CT molecular complexity index is 839. The molecule has 0 saturated carbocycles. The number of hydrogen-bond donors (Lipinski definition) is 3. The number of nitrogen functional groups attached to an aromatic ring is 1. The summed E-state index contributed by atoms with van der Waals surface area (Å²) in [4.78, 5) is 4.20. The van der Waals surface area contributed by atoms with Gasteiger partial charge in [-0.25, -0.2) is 9.37 Å². The van der Waals surface area contributed by atoms with Crippen molar-refractivity contribution < 1.29 is 4.39 Å². The fourth-order valence-electron chi connectivity index (χ4n) is 2.82. The second kappa shape index (κ2) is 4.44. The molecule has 2 heterocycles. The summed E-state index contributed by atoms with van der Waals surface area (Å²) in [6.45, 7) is 0. The summed E-state index contributed by atoms with van der Waals surface area (Å²) in [6.07, 6.45) is 3.39. The lowest BCUT2D eigenvalue weighted by Crippen LogP contribution is -1.98. The Labute approximate surface area is 120 Å². The number of benzene rings is 1. The molecule has 0 aliphatic heterocycles. The summed E-state index contributed by atoms with van der Waals surface area (Å²) in [5, 5.41) is 10.0. The number of hydrogen-bond acceptors (Lipinski definition) is 4. The van der Waals surface area contributed by atoms with Crippen molar-refractivity contribution in [2.24, 2.45) is 0 Å². The van der Waals surface area contributed by atoms with Crippen LogP contribution >= 0.6 is 0 Å².